The van der Waals surface area contributed by atoms with E-state index >= 15 is 0 Å². The second-order valence-electron chi connectivity index (χ2n) is 8.48. The first kappa shape index (κ1) is 23.3. The number of esters is 1. The molecule has 0 bridgehead atoms. The molecule has 1 unspecified atom stereocenters. The molecule has 8 nitrogen and oxygen atoms in total. The monoisotopic (exact) mass is 441 g/mol. The second kappa shape index (κ2) is 9.40. The minimum Gasteiger partial charge on any atom is -0.480 e. The first-order valence-corrected chi connectivity index (χ1v) is 10.2. The van der Waals surface area contributed by atoms with Crippen LogP contribution in [0.5, 0.6) is 0 Å². The van der Waals surface area contributed by atoms with Gasteiger partial charge in [0.05, 0.1) is 0 Å². The van der Waals surface area contributed by atoms with Crippen LogP contribution in [0.1, 0.15) is 37.8 Å². The molecule has 0 aromatic heterocycles. The number of carboxylic acid groups (broad SMARTS) is 1. The van der Waals surface area contributed by atoms with Crippen molar-refractivity contribution in [3.05, 3.63) is 59.7 Å². The van der Waals surface area contributed by atoms with Crippen molar-refractivity contribution in [1.29, 1.82) is 0 Å². The molecule has 0 spiro atoms. The molecule has 3 rings (SSSR count). The van der Waals surface area contributed by atoms with Gasteiger partial charge in [-0.2, -0.15) is 0 Å². The third-order valence-corrected chi connectivity index (χ3v) is 5.08. The van der Waals surface area contributed by atoms with E-state index in [4.69, 9.17) is 14.2 Å². The highest BCUT2D eigenvalue weighted by atomic mass is 16.6. The van der Waals surface area contributed by atoms with Gasteiger partial charge in [-0.15, -0.1) is 0 Å². The largest absolute Gasteiger partial charge is 0.480 e. The number of methoxy groups -OCH3 is 1. The number of carbonyl (C=O) groups excluding carboxylic acids is 2. The van der Waals surface area contributed by atoms with Gasteiger partial charge in [-0.25, -0.2) is 14.4 Å². The lowest BCUT2D eigenvalue weighted by Crippen LogP contribution is -2.54. The van der Waals surface area contributed by atoms with Gasteiger partial charge in [0.1, 0.15) is 12.2 Å². The van der Waals surface area contributed by atoms with E-state index in [-0.39, 0.29) is 12.5 Å². The first-order chi connectivity index (χ1) is 15.1. The Bertz CT molecular complexity index is 966. The molecule has 0 saturated carbocycles. The van der Waals surface area contributed by atoms with Crippen molar-refractivity contribution in [3.63, 3.8) is 0 Å². The van der Waals surface area contributed by atoms with Crippen LogP contribution in [-0.2, 0) is 23.8 Å². The van der Waals surface area contributed by atoms with E-state index in [1.807, 2.05) is 48.5 Å². The minimum absolute atomic E-state index is 0.0102. The van der Waals surface area contributed by atoms with Crippen molar-refractivity contribution in [2.75, 3.05) is 13.7 Å². The standard InChI is InChI=1S/C24H27NO7/c1-24(2,3)32-22(28)20(30-4)19(21(26)27)25-23(29)31-13-18-16-11-7-5-9-14(16)15-10-6-8-12-17(15)18/h5-12,18-20H,13H2,1-4H3,(H,25,29)(H,26,27)/t19-,20?/m0/s1. The van der Waals surface area contributed by atoms with Crippen LogP contribution in [0.25, 0.3) is 11.1 Å². The number of amides is 1. The topological polar surface area (TPSA) is 111 Å². The van der Waals surface area contributed by atoms with Crippen LogP contribution in [0, 0.1) is 0 Å². The Labute approximate surface area is 186 Å². The molecule has 170 valence electrons. The maximum absolute atomic E-state index is 12.5. The van der Waals surface area contributed by atoms with Gasteiger partial charge in [-0.1, -0.05) is 48.5 Å². The summed E-state index contributed by atoms with van der Waals surface area (Å²) in [5.41, 5.74) is 3.36. The van der Waals surface area contributed by atoms with E-state index in [9.17, 15) is 19.5 Å². The summed E-state index contributed by atoms with van der Waals surface area (Å²) in [6.07, 6.45) is -2.50. The molecule has 0 aliphatic heterocycles. The molecule has 1 amide bonds. The molecule has 2 N–H and O–H groups in total. The number of hydrogen-bond donors (Lipinski definition) is 2. The molecule has 0 saturated heterocycles. The second-order valence-corrected chi connectivity index (χ2v) is 8.48. The van der Waals surface area contributed by atoms with Gasteiger partial charge >= 0.3 is 18.0 Å². The number of hydrogen-bond acceptors (Lipinski definition) is 6. The number of aliphatic carboxylic acids is 1. The molecule has 1 aliphatic rings. The maximum Gasteiger partial charge on any atom is 0.407 e. The highest BCUT2D eigenvalue weighted by molar-refractivity contribution is 5.88. The molecular formula is C24H27NO7. The van der Waals surface area contributed by atoms with Crippen LogP contribution < -0.4 is 5.32 Å². The summed E-state index contributed by atoms with van der Waals surface area (Å²) in [6, 6.07) is 14.0. The minimum atomic E-state index is -1.68. The number of rotatable bonds is 7. The van der Waals surface area contributed by atoms with E-state index in [1.165, 1.54) is 7.11 Å². The van der Waals surface area contributed by atoms with Gasteiger partial charge in [0.2, 0.25) is 0 Å². The van der Waals surface area contributed by atoms with Crippen molar-refractivity contribution in [2.24, 2.45) is 0 Å². The van der Waals surface area contributed by atoms with E-state index in [0.29, 0.717) is 0 Å². The zero-order valence-corrected chi connectivity index (χ0v) is 18.5. The fourth-order valence-corrected chi connectivity index (χ4v) is 3.76. The molecule has 2 atom stereocenters. The summed E-state index contributed by atoms with van der Waals surface area (Å²) >= 11 is 0. The van der Waals surface area contributed by atoms with Gasteiger partial charge in [0.25, 0.3) is 0 Å². The van der Waals surface area contributed by atoms with E-state index in [0.717, 1.165) is 22.3 Å². The zero-order valence-electron chi connectivity index (χ0n) is 18.5. The van der Waals surface area contributed by atoms with Gasteiger partial charge in [-0.3, -0.25) is 0 Å². The van der Waals surface area contributed by atoms with E-state index in [1.54, 1.807) is 20.8 Å². The summed E-state index contributed by atoms with van der Waals surface area (Å²) in [7, 11) is 1.17. The molecule has 32 heavy (non-hydrogen) atoms. The maximum atomic E-state index is 12.5. The summed E-state index contributed by atoms with van der Waals surface area (Å²) in [6.45, 7) is 4.95. The number of carboxylic acids is 1. The fourth-order valence-electron chi connectivity index (χ4n) is 3.76. The Balaban J connectivity index is 1.70. The Kier molecular flexibility index (Phi) is 6.84. The molecule has 1 aliphatic carbocycles. The van der Waals surface area contributed by atoms with Crippen molar-refractivity contribution < 1.29 is 33.7 Å². The Morgan fingerprint density at radius 2 is 1.53 bits per heavy atom. The quantitative estimate of drug-likeness (QED) is 0.634. The lowest BCUT2D eigenvalue weighted by molar-refractivity contribution is -0.172. The van der Waals surface area contributed by atoms with Crippen LogP contribution in [0.3, 0.4) is 0 Å². The predicted octanol–water partition coefficient (Wildman–Crippen LogP) is 3.34. The van der Waals surface area contributed by atoms with Crippen molar-refractivity contribution in [1.82, 2.24) is 5.32 Å². The van der Waals surface area contributed by atoms with Crippen LogP contribution in [-0.4, -0.2) is 54.6 Å². The number of fused-ring (bicyclic) bond motifs is 3. The molecule has 8 heteroatoms. The van der Waals surface area contributed by atoms with Crippen LogP contribution >= 0.6 is 0 Å². The van der Waals surface area contributed by atoms with E-state index in [2.05, 4.69) is 5.32 Å². The average molecular weight is 441 g/mol. The summed E-state index contributed by atoms with van der Waals surface area (Å²) in [5, 5.41) is 11.8. The SMILES string of the molecule is COC(C(=O)OC(C)(C)C)[C@H](NC(=O)OCC1c2ccccc2-c2ccccc21)C(=O)O. The lowest BCUT2D eigenvalue weighted by atomic mass is 9.98. The molecule has 2 aromatic carbocycles. The molecule has 0 heterocycles. The first-order valence-electron chi connectivity index (χ1n) is 10.2. The third-order valence-electron chi connectivity index (χ3n) is 5.08. The summed E-state index contributed by atoms with van der Waals surface area (Å²) in [4.78, 5) is 36.6. The molecule has 0 fully saturated rings. The highest BCUT2D eigenvalue weighted by Gasteiger charge is 2.39. The molecule has 2 aromatic rings. The zero-order chi connectivity index (χ0) is 23.5. The lowest BCUT2D eigenvalue weighted by Gasteiger charge is -2.26. The Morgan fingerprint density at radius 3 is 2.00 bits per heavy atom. The van der Waals surface area contributed by atoms with Gasteiger partial charge in [0, 0.05) is 13.0 Å². The number of alkyl carbamates (subject to hydrolysis) is 1. The predicted molar refractivity (Wildman–Crippen MR) is 116 cm³/mol. The smallest absolute Gasteiger partial charge is 0.407 e. The number of carbonyl (C=O) groups is 3. The Morgan fingerprint density at radius 1 is 1.00 bits per heavy atom. The van der Waals surface area contributed by atoms with Crippen LogP contribution in [0.4, 0.5) is 4.79 Å². The summed E-state index contributed by atoms with van der Waals surface area (Å²) < 4.78 is 15.6. The van der Waals surface area contributed by atoms with E-state index < -0.39 is 35.8 Å². The van der Waals surface area contributed by atoms with Gasteiger partial charge < -0.3 is 24.6 Å². The number of benzene rings is 2. The number of ether oxygens (including phenoxy) is 3. The van der Waals surface area contributed by atoms with Gasteiger partial charge in [0.15, 0.2) is 12.1 Å². The number of nitrogens with one attached hydrogen (secondary N) is 1. The molecule has 0 radical (unpaired) electrons. The summed E-state index contributed by atoms with van der Waals surface area (Å²) in [5.74, 6) is -2.52. The Hall–Kier alpha value is -3.39. The normalized spacial score (nSPS) is 14.6. The molecular weight excluding hydrogens is 414 g/mol. The third kappa shape index (κ3) is 5.08. The van der Waals surface area contributed by atoms with Crippen molar-refractivity contribution in [3.8, 4) is 11.1 Å². The average Bonchev–Trinajstić information content (AvgIpc) is 3.04. The van der Waals surface area contributed by atoms with Gasteiger partial charge in [-0.05, 0) is 43.0 Å². The highest BCUT2D eigenvalue weighted by Crippen LogP contribution is 2.44. The fraction of sp³-hybridized carbons (Fsp3) is 0.375. The van der Waals surface area contributed by atoms with Crippen LogP contribution in [0.2, 0.25) is 0 Å². The van der Waals surface area contributed by atoms with Crippen molar-refractivity contribution in [2.45, 2.75) is 44.4 Å². The van der Waals surface area contributed by atoms with Crippen molar-refractivity contribution >= 4 is 18.0 Å². The van der Waals surface area contributed by atoms with Crippen LogP contribution in [0.15, 0.2) is 48.5 Å².